The second-order valence-electron chi connectivity index (χ2n) is 9.33. The van der Waals surface area contributed by atoms with Gasteiger partial charge < -0.3 is 10.0 Å². The molecule has 3 heterocycles. The van der Waals surface area contributed by atoms with Crippen molar-refractivity contribution in [1.29, 1.82) is 0 Å². The van der Waals surface area contributed by atoms with E-state index in [0.717, 1.165) is 37.4 Å². The first kappa shape index (κ1) is 20.4. The normalized spacial score (nSPS) is 28.3. The van der Waals surface area contributed by atoms with Gasteiger partial charge in [-0.1, -0.05) is 18.6 Å². The lowest BCUT2D eigenvalue weighted by atomic mass is 9.71. The molecule has 1 amide bonds. The van der Waals surface area contributed by atoms with Crippen LogP contribution in [0.4, 0.5) is 8.78 Å². The molecule has 0 saturated carbocycles. The highest BCUT2D eigenvalue weighted by Crippen LogP contribution is 2.42. The first-order valence-corrected chi connectivity index (χ1v) is 11.3. The summed E-state index contributed by atoms with van der Waals surface area (Å²) >= 11 is 0. The number of hydrogen-bond acceptors (Lipinski definition) is 3. The maximum absolute atomic E-state index is 13.8. The molecule has 0 unspecified atom stereocenters. The van der Waals surface area contributed by atoms with Crippen LogP contribution in [-0.4, -0.2) is 52.5 Å². The highest BCUT2D eigenvalue weighted by molar-refractivity contribution is 5.94. The maximum atomic E-state index is 13.8. The highest BCUT2D eigenvalue weighted by Gasteiger charge is 2.47. The first-order valence-electron chi connectivity index (χ1n) is 11.3. The Morgan fingerprint density at radius 3 is 2.71 bits per heavy atom. The van der Waals surface area contributed by atoms with Crippen LogP contribution in [0, 0.1) is 23.5 Å². The van der Waals surface area contributed by atoms with Crippen LogP contribution in [0.2, 0.25) is 0 Å². The number of carbonyl (C=O) groups excluding carboxylic acids is 1. The molecule has 3 saturated heterocycles. The van der Waals surface area contributed by atoms with E-state index in [0.29, 0.717) is 31.0 Å². The molecule has 5 rings (SSSR count). The zero-order chi connectivity index (χ0) is 21.5. The Labute approximate surface area is 181 Å². The quantitative estimate of drug-likeness (QED) is 0.799. The van der Waals surface area contributed by atoms with Crippen molar-refractivity contribution in [1.82, 2.24) is 9.80 Å². The zero-order valence-electron chi connectivity index (χ0n) is 17.5. The number of piperidine rings is 3. The average molecular weight is 427 g/mol. The molecule has 3 fully saturated rings. The van der Waals surface area contributed by atoms with Crippen molar-refractivity contribution in [2.75, 3.05) is 19.6 Å². The van der Waals surface area contributed by atoms with Crippen LogP contribution in [0.5, 0.6) is 5.75 Å². The van der Waals surface area contributed by atoms with Crippen LogP contribution in [0.25, 0.3) is 0 Å². The van der Waals surface area contributed by atoms with Crippen molar-refractivity contribution in [3.05, 3.63) is 65.2 Å². The van der Waals surface area contributed by atoms with E-state index in [-0.39, 0.29) is 23.3 Å². The van der Waals surface area contributed by atoms with Gasteiger partial charge >= 0.3 is 0 Å². The first-order chi connectivity index (χ1) is 15.0. The van der Waals surface area contributed by atoms with Crippen molar-refractivity contribution in [2.45, 2.75) is 44.2 Å². The molecule has 0 spiro atoms. The molecule has 0 aromatic heterocycles. The predicted octanol–water partition coefficient (Wildman–Crippen LogP) is 4.23. The number of benzene rings is 2. The summed E-state index contributed by atoms with van der Waals surface area (Å²) in [7, 11) is 0. The lowest BCUT2D eigenvalue weighted by Crippen LogP contribution is -2.64. The summed E-state index contributed by atoms with van der Waals surface area (Å²) in [5, 5.41) is 9.46. The molecule has 2 bridgehead atoms. The standard InChI is InChI=1S/C25H28F2N2O2/c26-20-5-3-4-16(10-20)11-23-19-12-18(22-6-1-2-9-29(22)23)14-28(15-19)25(31)17-7-8-24(30)21(27)13-17/h3-5,7-8,10,13,18-19,22-23,30H,1-2,6,9,11-12,14-15H2/t18-,19+,22+,23+/m1/s1. The molecule has 2 aromatic rings. The van der Waals surface area contributed by atoms with Gasteiger partial charge in [-0.25, -0.2) is 8.78 Å². The molecule has 4 nitrogen and oxygen atoms in total. The molecule has 1 N–H and O–H groups in total. The van der Waals surface area contributed by atoms with Gasteiger partial charge in [-0.05, 0) is 80.0 Å². The maximum Gasteiger partial charge on any atom is 0.253 e. The Bertz CT molecular complexity index is 982. The number of rotatable bonds is 3. The van der Waals surface area contributed by atoms with Crippen molar-refractivity contribution in [3.63, 3.8) is 0 Å². The van der Waals surface area contributed by atoms with Crippen LogP contribution in [-0.2, 0) is 6.42 Å². The van der Waals surface area contributed by atoms with Crippen LogP contribution in [0.15, 0.2) is 42.5 Å². The summed E-state index contributed by atoms with van der Waals surface area (Å²) in [6.45, 7) is 2.38. The largest absolute Gasteiger partial charge is 0.505 e. The summed E-state index contributed by atoms with van der Waals surface area (Å²) in [4.78, 5) is 17.7. The van der Waals surface area contributed by atoms with Crippen LogP contribution < -0.4 is 0 Å². The van der Waals surface area contributed by atoms with Crippen molar-refractivity contribution in [3.8, 4) is 5.75 Å². The molecular formula is C25H28F2N2O2. The summed E-state index contributed by atoms with van der Waals surface area (Å²) in [5.41, 5.74) is 1.27. The molecule has 6 heteroatoms. The smallest absolute Gasteiger partial charge is 0.253 e. The second-order valence-corrected chi connectivity index (χ2v) is 9.33. The van der Waals surface area contributed by atoms with Gasteiger partial charge in [0.15, 0.2) is 11.6 Å². The number of nitrogens with zero attached hydrogens (tertiary/aromatic N) is 2. The van der Waals surface area contributed by atoms with Gasteiger partial charge in [0, 0.05) is 30.7 Å². The molecular weight excluding hydrogens is 398 g/mol. The fourth-order valence-corrected chi connectivity index (χ4v) is 6.08. The van der Waals surface area contributed by atoms with Gasteiger partial charge in [-0.2, -0.15) is 0 Å². The summed E-state index contributed by atoms with van der Waals surface area (Å²) in [6.07, 6.45) is 5.38. The molecule has 3 aliphatic heterocycles. The summed E-state index contributed by atoms with van der Waals surface area (Å²) in [5.74, 6) is -0.889. The van der Waals surface area contributed by atoms with Crippen LogP contribution in [0.3, 0.4) is 0 Å². The third kappa shape index (κ3) is 3.93. The van der Waals surface area contributed by atoms with E-state index in [4.69, 9.17) is 0 Å². The Morgan fingerprint density at radius 1 is 1.06 bits per heavy atom. The molecule has 0 radical (unpaired) electrons. The summed E-state index contributed by atoms with van der Waals surface area (Å²) in [6, 6.07) is 11.4. The minimum Gasteiger partial charge on any atom is -0.505 e. The Hall–Kier alpha value is -2.47. The van der Waals surface area contributed by atoms with Gasteiger partial charge in [-0.15, -0.1) is 0 Å². The van der Waals surface area contributed by atoms with E-state index in [1.54, 1.807) is 12.1 Å². The van der Waals surface area contributed by atoms with E-state index < -0.39 is 11.6 Å². The van der Waals surface area contributed by atoms with Crippen molar-refractivity contribution in [2.24, 2.45) is 11.8 Å². The lowest BCUT2D eigenvalue weighted by molar-refractivity contribution is -0.0642. The van der Waals surface area contributed by atoms with E-state index >= 15 is 0 Å². The minimum atomic E-state index is -0.773. The highest BCUT2D eigenvalue weighted by atomic mass is 19.1. The summed E-state index contributed by atoms with van der Waals surface area (Å²) < 4.78 is 27.6. The Balaban J connectivity index is 1.41. The van der Waals surface area contributed by atoms with E-state index in [1.807, 2.05) is 11.0 Å². The molecule has 31 heavy (non-hydrogen) atoms. The van der Waals surface area contributed by atoms with Gasteiger partial charge in [0.05, 0.1) is 0 Å². The van der Waals surface area contributed by atoms with Gasteiger partial charge in [0.2, 0.25) is 0 Å². The zero-order valence-corrected chi connectivity index (χ0v) is 17.5. The van der Waals surface area contributed by atoms with E-state index in [1.165, 1.54) is 31.0 Å². The van der Waals surface area contributed by atoms with Crippen molar-refractivity contribution >= 4 is 5.91 Å². The van der Waals surface area contributed by atoms with Crippen LogP contribution in [0.1, 0.15) is 41.6 Å². The Kier molecular flexibility index (Phi) is 5.42. The van der Waals surface area contributed by atoms with E-state index in [9.17, 15) is 18.7 Å². The fraction of sp³-hybridized carbons (Fsp3) is 0.480. The van der Waals surface area contributed by atoms with Gasteiger partial charge in [-0.3, -0.25) is 9.69 Å². The van der Waals surface area contributed by atoms with Gasteiger partial charge in [0.1, 0.15) is 5.82 Å². The molecule has 4 atom stereocenters. The number of fused-ring (bicyclic) bond motifs is 4. The second kappa shape index (κ2) is 8.23. The predicted molar refractivity (Wildman–Crippen MR) is 114 cm³/mol. The number of amides is 1. The third-order valence-electron chi connectivity index (χ3n) is 7.44. The van der Waals surface area contributed by atoms with Crippen molar-refractivity contribution < 1.29 is 18.7 Å². The van der Waals surface area contributed by atoms with Crippen LogP contribution >= 0.6 is 0 Å². The molecule has 2 aromatic carbocycles. The molecule has 0 aliphatic carbocycles. The fourth-order valence-electron chi connectivity index (χ4n) is 6.08. The molecule has 3 aliphatic rings. The number of halogens is 2. The lowest BCUT2D eigenvalue weighted by Gasteiger charge is -2.57. The topological polar surface area (TPSA) is 43.8 Å². The Morgan fingerprint density at radius 2 is 1.90 bits per heavy atom. The number of phenolic OH excluding ortho intramolecular Hbond substituents is 1. The SMILES string of the molecule is O=C(c1ccc(O)c(F)c1)N1C[C@H]2C[C@@H](C1)[C@H](Cc1cccc(F)c1)N1CCCC[C@@H]21. The third-order valence-corrected chi connectivity index (χ3v) is 7.44. The average Bonchev–Trinajstić information content (AvgIpc) is 2.78. The number of hydrogen-bond donors (Lipinski definition) is 1. The monoisotopic (exact) mass is 426 g/mol. The van der Waals surface area contributed by atoms with E-state index in [2.05, 4.69) is 4.90 Å². The number of aromatic hydroxyl groups is 1. The number of phenols is 1. The number of carbonyl (C=O) groups is 1. The molecule has 164 valence electrons. The minimum absolute atomic E-state index is 0.178. The van der Waals surface area contributed by atoms with Gasteiger partial charge in [0.25, 0.3) is 5.91 Å². The number of likely N-dealkylation sites (tertiary alicyclic amines) is 1.